The lowest BCUT2D eigenvalue weighted by Crippen LogP contribution is -2.49. The van der Waals surface area contributed by atoms with Gasteiger partial charge in [0.05, 0.1) is 11.2 Å². The third-order valence-electron chi connectivity index (χ3n) is 5.32. The Morgan fingerprint density at radius 2 is 1.68 bits per heavy atom. The molecule has 0 spiro atoms. The average Bonchev–Trinajstić information content (AvgIpc) is 2.74. The van der Waals surface area contributed by atoms with E-state index in [2.05, 4.69) is 0 Å². The maximum Gasteiger partial charge on any atom is 0.259 e. The molecule has 1 aliphatic heterocycles. The second-order valence-corrected chi connectivity index (χ2v) is 6.91. The van der Waals surface area contributed by atoms with Gasteiger partial charge < -0.3 is 14.4 Å². The molecule has 0 radical (unpaired) electrons. The molecule has 1 saturated heterocycles. The van der Waals surface area contributed by atoms with Crippen LogP contribution in [0.1, 0.15) is 17.3 Å². The van der Waals surface area contributed by atoms with Gasteiger partial charge in [-0.2, -0.15) is 0 Å². The number of benzene rings is 2. The molecule has 28 heavy (non-hydrogen) atoms. The molecule has 1 aliphatic rings. The van der Waals surface area contributed by atoms with E-state index in [1.807, 2.05) is 34.6 Å². The van der Waals surface area contributed by atoms with Crippen molar-refractivity contribution in [2.24, 2.45) is 0 Å². The summed E-state index contributed by atoms with van der Waals surface area (Å²) in [4.78, 5) is 29.6. The van der Waals surface area contributed by atoms with Crippen molar-refractivity contribution in [3.8, 4) is 0 Å². The number of aryl methyl sites for hydroxylation is 1. The Balaban J connectivity index is 1.59. The van der Waals surface area contributed by atoms with Gasteiger partial charge >= 0.3 is 0 Å². The largest absolute Gasteiger partial charge is 0.366 e. The van der Waals surface area contributed by atoms with Crippen LogP contribution in [0.4, 0.5) is 10.1 Å². The number of carbonyl (C=O) groups is 1. The van der Waals surface area contributed by atoms with Crippen molar-refractivity contribution in [1.82, 2.24) is 9.47 Å². The number of piperazine rings is 1. The number of anilines is 1. The van der Waals surface area contributed by atoms with E-state index in [9.17, 15) is 14.0 Å². The Bertz CT molecular complexity index is 1080. The zero-order chi connectivity index (χ0) is 19.7. The molecule has 0 atom stereocenters. The van der Waals surface area contributed by atoms with Crippen LogP contribution in [0, 0.1) is 5.82 Å². The Kier molecular flexibility index (Phi) is 4.86. The fraction of sp³-hybridized carbons (Fsp3) is 0.273. The first kappa shape index (κ1) is 18.2. The van der Waals surface area contributed by atoms with Crippen molar-refractivity contribution >= 4 is 22.5 Å². The summed E-state index contributed by atoms with van der Waals surface area (Å²) in [5.41, 5.74) is 1.34. The monoisotopic (exact) mass is 379 g/mol. The molecule has 1 fully saturated rings. The van der Waals surface area contributed by atoms with Crippen LogP contribution in [-0.2, 0) is 6.54 Å². The highest BCUT2D eigenvalue weighted by molar-refractivity contribution is 5.97. The number of amides is 1. The number of aromatic nitrogens is 1. The predicted octanol–water partition coefficient (Wildman–Crippen LogP) is 3.12. The molecule has 4 rings (SSSR count). The fourth-order valence-electron chi connectivity index (χ4n) is 3.79. The molecule has 3 aromatic rings. The van der Waals surface area contributed by atoms with Gasteiger partial charge in [-0.05, 0) is 31.2 Å². The van der Waals surface area contributed by atoms with E-state index < -0.39 is 0 Å². The van der Waals surface area contributed by atoms with E-state index in [1.165, 1.54) is 6.07 Å². The number of fused-ring (bicyclic) bond motifs is 1. The second kappa shape index (κ2) is 7.46. The first-order valence-corrected chi connectivity index (χ1v) is 9.51. The third kappa shape index (κ3) is 3.15. The number of pyridine rings is 1. The molecular weight excluding hydrogens is 357 g/mol. The summed E-state index contributed by atoms with van der Waals surface area (Å²) in [6.45, 7) is 4.61. The van der Waals surface area contributed by atoms with Crippen molar-refractivity contribution in [1.29, 1.82) is 0 Å². The molecule has 0 bridgehead atoms. The zero-order valence-electron chi connectivity index (χ0n) is 15.8. The Morgan fingerprint density at radius 1 is 1.00 bits per heavy atom. The van der Waals surface area contributed by atoms with Gasteiger partial charge in [0.15, 0.2) is 0 Å². The summed E-state index contributed by atoms with van der Waals surface area (Å²) in [5.74, 6) is -0.520. The summed E-state index contributed by atoms with van der Waals surface area (Å²) in [7, 11) is 0. The quantitative estimate of drug-likeness (QED) is 0.702. The van der Waals surface area contributed by atoms with E-state index in [-0.39, 0.29) is 22.7 Å². The fourth-order valence-corrected chi connectivity index (χ4v) is 3.79. The average molecular weight is 379 g/mol. The highest BCUT2D eigenvalue weighted by atomic mass is 19.1. The predicted molar refractivity (Wildman–Crippen MR) is 108 cm³/mol. The van der Waals surface area contributed by atoms with Crippen LogP contribution in [0.2, 0.25) is 0 Å². The number of hydrogen-bond acceptors (Lipinski definition) is 3. The summed E-state index contributed by atoms with van der Waals surface area (Å²) in [5, 5.41) is 0.556. The molecule has 0 aliphatic carbocycles. The van der Waals surface area contributed by atoms with E-state index in [0.717, 1.165) is 5.52 Å². The standard InChI is InChI=1S/C22H22FN3O2/c1-2-24-15-17(21(27)16-7-3-5-9-19(16)24)22(28)26-13-11-25(12-14-26)20-10-6-4-8-18(20)23/h3-10,15H,2,11-14H2,1H3. The highest BCUT2D eigenvalue weighted by Gasteiger charge is 2.26. The number of para-hydroxylation sites is 2. The van der Waals surface area contributed by atoms with Gasteiger partial charge in [-0.1, -0.05) is 24.3 Å². The first-order valence-electron chi connectivity index (χ1n) is 9.51. The number of halogens is 1. The summed E-state index contributed by atoms with van der Waals surface area (Å²) < 4.78 is 15.9. The minimum absolute atomic E-state index is 0.194. The number of nitrogens with zero attached hydrogens (tertiary/aromatic N) is 3. The number of hydrogen-bond donors (Lipinski definition) is 0. The molecule has 2 aromatic carbocycles. The SMILES string of the molecule is CCn1cc(C(=O)N2CCN(c3ccccc3F)CC2)c(=O)c2ccccc21. The van der Waals surface area contributed by atoms with Crippen LogP contribution < -0.4 is 10.3 Å². The van der Waals surface area contributed by atoms with Crippen LogP contribution in [0.3, 0.4) is 0 Å². The van der Waals surface area contributed by atoms with Crippen molar-refractivity contribution in [3.63, 3.8) is 0 Å². The van der Waals surface area contributed by atoms with Gasteiger partial charge in [-0.25, -0.2) is 4.39 Å². The van der Waals surface area contributed by atoms with Gasteiger partial charge in [0.25, 0.3) is 5.91 Å². The molecule has 0 saturated carbocycles. The second-order valence-electron chi connectivity index (χ2n) is 6.91. The Morgan fingerprint density at radius 3 is 2.39 bits per heavy atom. The van der Waals surface area contributed by atoms with Crippen molar-refractivity contribution < 1.29 is 9.18 Å². The van der Waals surface area contributed by atoms with Gasteiger partial charge in [0, 0.05) is 44.3 Å². The van der Waals surface area contributed by atoms with E-state index >= 15 is 0 Å². The minimum Gasteiger partial charge on any atom is -0.366 e. The van der Waals surface area contributed by atoms with Crippen LogP contribution in [0.15, 0.2) is 59.5 Å². The molecule has 2 heterocycles. The molecule has 144 valence electrons. The molecule has 0 N–H and O–H groups in total. The minimum atomic E-state index is -0.261. The summed E-state index contributed by atoms with van der Waals surface area (Å²) >= 11 is 0. The van der Waals surface area contributed by atoms with Crippen LogP contribution in [0.25, 0.3) is 10.9 Å². The van der Waals surface area contributed by atoms with E-state index in [4.69, 9.17) is 0 Å². The molecule has 1 aromatic heterocycles. The van der Waals surface area contributed by atoms with Crippen molar-refractivity contribution in [2.45, 2.75) is 13.5 Å². The third-order valence-corrected chi connectivity index (χ3v) is 5.32. The molecular formula is C22H22FN3O2. The lowest BCUT2D eigenvalue weighted by molar-refractivity contribution is 0.0744. The summed E-state index contributed by atoms with van der Waals surface area (Å²) in [6.07, 6.45) is 1.66. The van der Waals surface area contributed by atoms with E-state index in [0.29, 0.717) is 43.8 Å². The maximum atomic E-state index is 14.0. The lowest BCUT2D eigenvalue weighted by atomic mass is 10.1. The van der Waals surface area contributed by atoms with Gasteiger partial charge in [0.1, 0.15) is 11.4 Å². The lowest BCUT2D eigenvalue weighted by Gasteiger charge is -2.36. The van der Waals surface area contributed by atoms with E-state index in [1.54, 1.807) is 35.4 Å². The van der Waals surface area contributed by atoms with Crippen LogP contribution in [-0.4, -0.2) is 41.6 Å². The number of rotatable bonds is 3. The maximum absolute atomic E-state index is 14.0. The van der Waals surface area contributed by atoms with Gasteiger partial charge in [0.2, 0.25) is 5.43 Å². The van der Waals surface area contributed by atoms with Crippen LogP contribution >= 0.6 is 0 Å². The van der Waals surface area contributed by atoms with Crippen molar-refractivity contribution in [3.05, 3.63) is 76.3 Å². The molecule has 6 heteroatoms. The topological polar surface area (TPSA) is 45.6 Å². The zero-order valence-corrected chi connectivity index (χ0v) is 15.8. The van der Waals surface area contributed by atoms with Gasteiger partial charge in [-0.3, -0.25) is 9.59 Å². The Labute approximate surface area is 162 Å². The van der Waals surface area contributed by atoms with Gasteiger partial charge in [-0.15, -0.1) is 0 Å². The highest BCUT2D eigenvalue weighted by Crippen LogP contribution is 2.21. The molecule has 5 nitrogen and oxygen atoms in total. The molecule has 1 amide bonds. The van der Waals surface area contributed by atoms with Crippen molar-refractivity contribution in [2.75, 3.05) is 31.1 Å². The van der Waals surface area contributed by atoms with Crippen LogP contribution in [0.5, 0.6) is 0 Å². The smallest absolute Gasteiger partial charge is 0.259 e. The number of carbonyl (C=O) groups excluding carboxylic acids is 1. The molecule has 0 unspecified atom stereocenters. The Hall–Kier alpha value is -3.15. The normalized spacial score (nSPS) is 14.5. The first-order chi connectivity index (χ1) is 13.6. The summed E-state index contributed by atoms with van der Waals surface area (Å²) in [6, 6.07) is 14.0.